The fourth-order valence-electron chi connectivity index (χ4n) is 0.643. The van der Waals surface area contributed by atoms with Crippen molar-refractivity contribution in [2.45, 2.75) is 26.2 Å². The summed E-state index contributed by atoms with van der Waals surface area (Å²) in [5, 5.41) is 0. The maximum absolute atomic E-state index is 10.3. The maximum Gasteiger partial charge on any atom is 0.302 e. The molecule has 2 nitrogen and oxygen atoms in total. The van der Waals surface area contributed by atoms with E-state index in [9.17, 15) is 4.79 Å². The van der Waals surface area contributed by atoms with Crippen LogP contribution in [0.3, 0.4) is 0 Å². The van der Waals surface area contributed by atoms with Gasteiger partial charge < -0.3 is 4.74 Å². The molecule has 0 unspecified atom stereocenters. The lowest BCUT2D eigenvalue weighted by Crippen LogP contribution is -1.99. The molecule has 0 saturated heterocycles. The van der Waals surface area contributed by atoms with Crippen molar-refractivity contribution in [2.24, 2.45) is 0 Å². The van der Waals surface area contributed by atoms with Crippen molar-refractivity contribution in [1.29, 1.82) is 0 Å². The number of carbonyl (C=O) groups excluding carboxylic acids is 1. The number of rotatable bonds is 5. The van der Waals surface area contributed by atoms with Gasteiger partial charge in [0.15, 0.2) is 0 Å². The summed E-state index contributed by atoms with van der Waals surface area (Å²) < 4.78 is 6.76. The summed E-state index contributed by atoms with van der Waals surface area (Å²) in [6.45, 7) is 2.00. The Balaban J connectivity index is 2.96. The Morgan fingerprint density at radius 3 is 2.82 bits per heavy atom. The molecule has 0 aliphatic heterocycles. The molecule has 0 saturated carbocycles. The molecule has 0 spiro atoms. The summed E-state index contributed by atoms with van der Waals surface area (Å²) in [5.41, 5.74) is 0. The second-order valence-electron chi connectivity index (χ2n) is 2.20. The van der Waals surface area contributed by atoms with Crippen molar-refractivity contribution < 1.29 is 9.53 Å². The van der Waals surface area contributed by atoms with Crippen LogP contribution in [0.5, 0.6) is 0 Å². The molecule has 3 heteroatoms. The van der Waals surface area contributed by atoms with Gasteiger partial charge in [0.05, 0.1) is 6.61 Å². The molecule has 0 heterocycles. The highest BCUT2D eigenvalue weighted by atomic mass is 127. The van der Waals surface area contributed by atoms with Crippen LogP contribution >= 0.6 is 22.6 Å². The first kappa shape index (κ1) is 10.9. The van der Waals surface area contributed by atoms with Gasteiger partial charge >= 0.3 is 5.97 Å². The van der Waals surface area contributed by atoms with E-state index in [1.54, 1.807) is 0 Å². The number of esters is 1. The third-order valence-electron chi connectivity index (χ3n) is 1.16. The quantitative estimate of drug-likeness (QED) is 0.435. The van der Waals surface area contributed by atoms with Crippen molar-refractivity contribution in [3.63, 3.8) is 0 Å². The van der Waals surface area contributed by atoms with Crippen LogP contribution in [-0.2, 0) is 9.53 Å². The fourth-order valence-corrected chi connectivity index (χ4v) is 1.00. The van der Waals surface area contributed by atoms with Gasteiger partial charge in [-0.2, -0.15) is 0 Å². The van der Waals surface area contributed by atoms with Gasteiger partial charge in [-0.1, -0.05) is 28.7 Å². The summed E-state index contributed by atoms with van der Waals surface area (Å²) in [6, 6.07) is 0. The van der Waals surface area contributed by atoms with E-state index in [-0.39, 0.29) is 5.97 Å². The number of hydrogen-bond acceptors (Lipinski definition) is 2. The zero-order valence-corrected chi connectivity index (χ0v) is 8.84. The SMILES string of the molecule is CC(=O)OCCCC/C=C/I. The molecule has 64 valence electrons. The first-order valence-electron chi connectivity index (χ1n) is 3.66. The molecular formula is C8H13IO2. The Labute approximate surface area is 81.1 Å². The molecule has 0 aliphatic carbocycles. The zero-order chi connectivity index (χ0) is 8.53. The average Bonchev–Trinajstić information content (AvgIpc) is 1.96. The van der Waals surface area contributed by atoms with Crippen LogP contribution in [-0.4, -0.2) is 12.6 Å². The van der Waals surface area contributed by atoms with Crippen LogP contribution in [0.1, 0.15) is 26.2 Å². The molecule has 0 aromatic rings. The lowest BCUT2D eigenvalue weighted by molar-refractivity contribution is -0.141. The highest BCUT2D eigenvalue weighted by Crippen LogP contribution is 1.98. The number of carbonyl (C=O) groups is 1. The molecule has 11 heavy (non-hydrogen) atoms. The highest BCUT2D eigenvalue weighted by molar-refractivity contribution is 14.1. The summed E-state index contributed by atoms with van der Waals surface area (Å²) in [6.07, 6.45) is 5.23. The van der Waals surface area contributed by atoms with E-state index in [4.69, 9.17) is 4.74 Å². The zero-order valence-electron chi connectivity index (χ0n) is 6.68. The molecule has 0 aliphatic rings. The van der Waals surface area contributed by atoms with E-state index in [0.717, 1.165) is 19.3 Å². The van der Waals surface area contributed by atoms with E-state index in [1.807, 2.05) is 4.08 Å². The molecule has 0 amide bonds. The van der Waals surface area contributed by atoms with Gasteiger partial charge in [-0.15, -0.1) is 0 Å². The van der Waals surface area contributed by atoms with E-state index in [2.05, 4.69) is 28.7 Å². The van der Waals surface area contributed by atoms with Gasteiger partial charge in [-0.3, -0.25) is 4.79 Å². The Bertz CT molecular complexity index is 132. The summed E-state index contributed by atoms with van der Waals surface area (Å²) in [5.74, 6) is -0.186. The largest absolute Gasteiger partial charge is 0.466 e. The third kappa shape index (κ3) is 9.94. The Morgan fingerprint density at radius 1 is 1.55 bits per heavy atom. The topological polar surface area (TPSA) is 26.3 Å². The smallest absolute Gasteiger partial charge is 0.302 e. The predicted molar refractivity (Wildman–Crippen MR) is 53.6 cm³/mol. The van der Waals surface area contributed by atoms with E-state index >= 15 is 0 Å². The second kappa shape index (κ2) is 8.04. The van der Waals surface area contributed by atoms with Crippen LogP contribution in [0.25, 0.3) is 0 Å². The summed E-state index contributed by atoms with van der Waals surface area (Å²) in [4.78, 5) is 10.3. The standard InChI is InChI=1S/C8H13IO2/c1-8(10)11-7-5-3-2-4-6-9/h4,6H,2-3,5,7H2,1H3/b6-4+. The normalized spacial score (nSPS) is 10.4. The number of hydrogen-bond donors (Lipinski definition) is 0. The summed E-state index contributed by atoms with van der Waals surface area (Å²) in [7, 11) is 0. The first-order chi connectivity index (χ1) is 5.27. The van der Waals surface area contributed by atoms with Crippen molar-refractivity contribution >= 4 is 28.6 Å². The van der Waals surface area contributed by atoms with Gasteiger partial charge in [0.2, 0.25) is 0 Å². The van der Waals surface area contributed by atoms with E-state index in [0.29, 0.717) is 6.61 Å². The molecule has 0 radical (unpaired) electrons. The average molecular weight is 268 g/mol. The monoisotopic (exact) mass is 268 g/mol. The van der Waals surface area contributed by atoms with E-state index < -0.39 is 0 Å². The van der Waals surface area contributed by atoms with Crippen LogP contribution in [0.2, 0.25) is 0 Å². The number of allylic oxidation sites excluding steroid dienone is 1. The van der Waals surface area contributed by atoms with Crippen molar-refractivity contribution in [3.8, 4) is 0 Å². The van der Waals surface area contributed by atoms with Crippen LogP contribution in [0, 0.1) is 0 Å². The Kier molecular flexibility index (Phi) is 8.00. The molecular weight excluding hydrogens is 255 g/mol. The van der Waals surface area contributed by atoms with Crippen LogP contribution < -0.4 is 0 Å². The molecule has 0 fully saturated rings. The van der Waals surface area contributed by atoms with Crippen LogP contribution in [0.4, 0.5) is 0 Å². The molecule has 0 bridgehead atoms. The number of ether oxygens (including phenoxy) is 1. The van der Waals surface area contributed by atoms with Gasteiger partial charge in [0, 0.05) is 6.92 Å². The lowest BCUT2D eigenvalue weighted by atomic mass is 10.2. The van der Waals surface area contributed by atoms with Crippen molar-refractivity contribution in [2.75, 3.05) is 6.61 Å². The van der Waals surface area contributed by atoms with Crippen molar-refractivity contribution in [3.05, 3.63) is 10.2 Å². The van der Waals surface area contributed by atoms with Crippen LogP contribution in [0.15, 0.2) is 10.2 Å². The van der Waals surface area contributed by atoms with E-state index in [1.165, 1.54) is 6.92 Å². The minimum atomic E-state index is -0.186. The number of halogens is 1. The second-order valence-corrected chi connectivity index (χ2v) is 2.92. The van der Waals surface area contributed by atoms with Gasteiger partial charge in [0.25, 0.3) is 0 Å². The van der Waals surface area contributed by atoms with Gasteiger partial charge in [-0.25, -0.2) is 0 Å². The summed E-state index contributed by atoms with van der Waals surface area (Å²) >= 11 is 2.19. The predicted octanol–water partition coefficient (Wildman–Crippen LogP) is 2.67. The van der Waals surface area contributed by atoms with Gasteiger partial charge in [-0.05, 0) is 23.3 Å². The lowest BCUT2D eigenvalue weighted by Gasteiger charge is -1.98. The molecule has 0 N–H and O–H groups in total. The number of unbranched alkanes of at least 4 members (excludes halogenated alkanes) is 2. The molecule has 0 aromatic carbocycles. The maximum atomic E-state index is 10.3. The fraction of sp³-hybridized carbons (Fsp3) is 0.625. The van der Waals surface area contributed by atoms with Gasteiger partial charge in [0.1, 0.15) is 0 Å². The van der Waals surface area contributed by atoms with Crippen molar-refractivity contribution in [1.82, 2.24) is 0 Å². The molecule has 0 rings (SSSR count). The molecule has 0 aromatic heterocycles. The Morgan fingerprint density at radius 2 is 2.27 bits per heavy atom. The minimum absolute atomic E-state index is 0.186. The third-order valence-corrected chi connectivity index (χ3v) is 1.67. The Hall–Kier alpha value is -0.0600. The minimum Gasteiger partial charge on any atom is -0.466 e. The molecule has 0 atom stereocenters. The first-order valence-corrected chi connectivity index (χ1v) is 4.90. The highest BCUT2D eigenvalue weighted by Gasteiger charge is 1.90.